The maximum atomic E-state index is 12.6. The highest BCUT2D eigenvalue weighted by Crippen LogP contribution is 2.35. The third kappa shape index (κ3) is 4.19. The Bertz CT molecular complexity index is 1300. The minimum atomic E-state index is -0.0348. The van der Waals surface area contributed by atoms with Gasteiger partial charge in [0.2, 0.25) is 0 Å². The van der Waals surface area contributed by atoms with Crippen molar-refractivity contribution in [3.63, 3.8) is 0 Å². The molecule has 1 fully saturated rings. The summed E-state index contributed by atoms with van der Waals surface area (Å²) in [5, 5.41) is 4.59. The molecule has 174 valence electrons. The first-order valence-electron chi connectivity index (χ1n) is 11.1. The van der Waals surface area contributed by atoms with Crippen molar-refractivity contribution >= 4 is 35.2 Å². The summed E-state index contributed by atoms with van der Waals surface area (Å²) in [7, 11) is 0. The molecule has 0 bridgehead atoms. The van der Waals surface area contributed by atoms with E-state index in [1.807, 2.05) is 22.9 Å². The molecule has 1 saturated heterocycles. The van der Waals surface area contributed by atoms with Crippen molar-refractivity contribution in [1.82, 2.24) is 24.3 Å². The standard InChI is InChI=1S/C23H25N5O3S.ClH/c29-21-3-1-15-2-4-22(30)28-18(13-27(21)23(15)28)12-26-7-5-16(6-8-26)24-10-17-9-20-19(11-25-17)31-14-32-20;/h1-4,9,11,16,18,24H,5-8,10,12-14H2;1H. The molecule has 3 aromatic rings. The fourth-order valence-electron chi connectivity index (χ4n) is 5.10. The van der Waals surface area contributed by atoms with Gasteiger partial charge in [0.1, 0.15) is 11.6 Å². The zero-order valence-corrected chi connectivity index (χ0v) is 19.7. The number of nitrogens with zero attached hydrogens (tertiary/aromatic N) is 4. The number of nitrogens with one attached hydrogen (secondary N) is 1. The smallest absolute Gasteiger partial charge is 0.252 e. The molecule has 3 aromatic heterocycles. The van der Waals surface area contributed by atoms with E-state index in [1.54, 1.807) is 28.5 Å². The van der Waals surface area contributed by atoms with Crippen LogP contribution in [0.5, 0.6) is 5.75 Å². The van der Waals surface area contributed by atoms with Gasteiger partial charge in [0.15, 0.2) is 5.75 Å². The molecule has 8 nitrogen and oxygen atoms in total. The van der Waals surface area contributed by atoms with E-state index in [0.29, 0.717) is 18.5 Å². The van der Waals surface area contributed by atoms with Crippen LogP contribution >= 0.6 is 24.2 Å². The number of likely N-dealkylation sites (tertiary alicyclic amines) is 1. The Hall–Kier alpha value is -2.33. The van der Waals surface area contributed by atoms with Gasteiger partial charge in [-0.2, -0.15) is 0 Å². The highest BCUT2D eigenvalue weighted by molar-refractivity contribution is 7.99. The number of pyridine rings is 3. The van der Waals surface area contributed by atoms with Crippen molar-refractivity contribution in [2.75, 3.05) is 25.6 Å². The number of thioether (sulfide) groups is 1. The van der Waals surface area contributed by atoms with Crippen LogP contribution < -0.4 is 21.2 Å². The highest BCUT2D eigenvalue weighted by atomic mass is 35.5. The Morgan fingerprint density at radius 3 is 2.73 bits per heavy atom. The van der Waals surface area contributed by atoms with E-state index in [1.165, 1.54) is 4.90 Å². The molecule has 1 atom stereocenters. The third-order valence-electron chi connectivity index (χ3n) is 6.76. The van der Waals surface area contributed by atoms with Gasteiger partial charge < -0.3 is 15.0 Å². The van der Waals surface area contributed by atoms with Crippen LogP contribution in [-0.4, -0.2) is 50.6 Å². The van der Waals surface area contributed by atoms with Gasteiger partial charge in [0.05, 0.1) is 22.8 Å². The van der Waals surface area contributed by atoms with Gasteiger partial charge in [0, 0.05) is 43.2 Å². The molecule has 33 heavy (non-hydrogen) atoms. The van der Waals surface area contributed by atoms with Crippen LogP contribution in [0.3, 0.4) is 0 Å². The van der Waals surface area contributed by atoms with E-state index in [4.69, 9.17) is 4.74 Å². The number of halogens is 1. The molecule has 10 heteroatoms. The highest BCUT2D eigenvalue weighted by Gasteiger charge is 2.29. The van der Waals surface area contributed by atoms with Crippen LogP contribution in [0, 0.1) is 0 Å². The molecule has 0 aromatic carbocycles. The number of piperidine rings is 1. The fourth-order valence-corrected chi connectivity index (χ4v) is 5.88. The van der Waals surface area contributed by atoms with Gasteiger partial charge in [-0.15, -0.1) is 12.4 Å². The Balaban J connectivity index is 0.00000228. The van der Waals surface area contributed by atoms with Crippen LogP contribution in [0.15, 0.2) is 51.0 Å². The first-order chi connectivity index (χ1) is 15.7. The summed E-state index contributed by atoms with van der Waals surface area (Å²) in [5.74, 6) is 1.56. The van der Waals surface area contributed by atoms with Crippen LogP contribution in [0.2, 0.25) is 0 Å². The predicted octanol–water partition coefficient (Wildman–Crippen LogP) is 2.23. The second kappa shape index (κ2) is 9.13. The number of aromatic nitrogens is 3. The number of ether oxygens (including phenoxy) is 1. The lowest BCUT2D eigenvalue weighted by Gasteiger charge is -2.34. The fraction of sp³-hybridized carbons (Fsp3) is 0.435. The summed E-state index contributed by atoms with van der Waals surface area (Å²) in [6.45, 7) is 4.07. The molecular weight excluding hydrogens is 462 g/mol. The summed E-state index contributed by atoms with van der Waals surface area (Å²) >= 11 is 1.71. The number of hydrogen-bond donors (Lipinski definition) is 1. The topological polar surface area (TPSA) is 81.4 Å². The number of fused-ring (bicyclic) bond motifs is 1. The molecule has 6 rings (SSSR count). The van der Waals surface area contributed by atoms with E-state index in [9.17, 15) is 9.59 Å². The summed E-state index contributed by atoms with van der Waals surface area (Å²) < 4.78 is 9.08. The van der Waals surface area contributed by atoms with Gasteiger partial charge in [-0.3, -0.25) is 23.7 Å². The van der Waals surface area contributed by atoms with Crippen molar-refractivity contribution in [2.45, 2.75) is 42.9 Å². The van der Waals surface area contributed by atoms with Gasteiger partial charge >= 0.3 is 0 Å². The molecule has 1 unspecified atom stereocenters. The van der Waals surface area contributed by atoms with E-state index in [0.717, 1.165) is 61.5 Å². The lowest BCUT2D eigenvalue weighted by molar-refractivity contribution is 0.171. The molecular formula is C23H26ClN5O3S. The van der Waals surface area contributed by atoms with Gasteiger partial charge in [-0.05, 0) is 44.1 Å². The Kier molecular flexibility index (Phi) is 6.22. The number of hydrogen-bond acceptors (Lipinski definition) is 7. The van der Waals surface area contributed by atoms with Crippen LogP contribution in [0.25, 0.3) is 11.0 Å². The summed E-state index contributed by atoms with van der Waals surface area (Å²) in [5.41, 5.74) is 1.75. The quantitative estimate of drug-likeness (QED) is 0.591. The van der Waals surface area contributed by atoms with E-state index < -0.39 is 0 Å². The molecule has 1 N–H and O–H groups in total. The molecule has 0 aliphatic carbocycles. The first kappa shape index (κ1) is 22.5. The van der Waals surface area contributed by atoms with Gasteiger partial charge in [-0.25, -0.2) is 0 Å². The van der Waals surface area contributed by atoms with Crippen molar-refractivity contribution < 1.29 is 4.74 Å². The largest absolute Gasteiger partial charge is 0.480 e. The van der Waals surface area contributed by atoms with Crippen molar-refractivity contribution in [3.05, 3.63) is 62.9 Å². The van der Waals surface area contributed by atoms with Crippen LogP contribution in [-0.2, 0) is 13.1 Å². The second-order valence-corrected chi connectivity index (χ2v) is 9.71. The normalized spacial score (nSPS) is 19.9. The Labute approximate surface area is 201 Å². The minimum Gasteiger partial charge on any atom is -0.480 e. The predicted molar refractivity (Wildman–Crippen MR) is 131 cm³/mol. The summed E-state index contributed by atoms with van der Waals surface area (Å²) in [4.78, 5) is 33.1. The Morgan fingerprint density at radius 2 is 1.91 bits per heavy atom. The number of rotatable bonds is 5. The Morgan fingerprint density at radius 1 is 1.12 bits per heavy atom. The maximum Gasteiger partial charge on any atom is 0.252 e. The molecule has 6 heterocycles. The molecule has 3 aliphatic heterocycles. The lowest BCUT2D eigenvalue weighted by Crippen LogP contribution is -2.44. The maximum absolute atomic E-state index is 12.6. The monoisotopic (exact) mass is 487 g/mol. The SMILES string of the molecule is Cl.O=c1ccc2ccc(=O)n3c2n1CC3CN1CCC(NCc2cc3c(cn2)OCS3)CC1. The summed E-state index contributed by atoms with van der Waals surface area (Å²) in [6.07, 6.45) is 3.94. The third-order valence-corrected chi connectivity index (χ3v) is 7.63. The van der Waals surface area contributed by atoms with Crippen molar-refractivity contribution in [3.8, 4) is 5.75 Å². The van der Waals surface area contributed by atoms with E-state index >= 15 is 0 Å². The molecule has 0 spiro atoms. The van der Waals surface area contributed by atoms with Crippen LogP contribution in [0.1, 0.15) is 24.6 Å². The molecule has 0 radical (unpaired) electrons. The van der Waals surface area contributed by atoms with Crippen molar-refractivity contribution in [1.29, 1.82) is 0 Å². The average molecular weight is 488 g/mol. The first-order valence-corrected chi connectivity index (χ1v) is 12.1. The molecule has 3 aliphatic rings. The zero-order valence-electron chi connectivity index (χ0n) is 18.1. The molecule has 0 amide bonds. The minimum absolute atomic E-state index is 0. The van der Waals surface area contributed by atoms with Gasteiger partial charge in [0.25, 0.3) is 11.1 Å². The van der Waals surface area contributed by atoms with E-state index in [2.05, 4.69) is 21.3 Å². The summed E-state index contributed by atoms with van der Waals surface area (Å²) in [6, 6.07) is 9.41. The van der Waals surface area contributed by atoms with E-state index in [-0.39, 0.29) is 29.6 Å². The average Bonchev–Trinajstić information content (AvgIpc) is 3.43. The lowest BCUT2D eigenvalue weighted by atomic mass is 10.0. The van der Waals surface area contributed by atoms with Gasteiger partial charge in [-0.1, -0.05) is 11.8 Å². The van der Waals surface area contributed by atoms with Crippen LogP contribution in [0.4, 0.5) is 0 Å². The second-order valence-electron chi connectivity index (χ2n) is 8.74. The molecule has 0 saturated carbocycles. The zero-order chi connectivity index (χ0) is 21.7. The van der Waals surface area contributed by atoms with Crippen molar-refractivity contribution in [2.24, 2.45) is 0 Å².